The third-order valence-electron chi connectivity index (χ3n) is 4.56. The molecule has 0 saturated heterocycles. The molecule has 0 spiro atoms. The molecule has 0 unspecified atom stereocenters. The maximum Gasteiger partial charge on any atom is 0.248 e. The molecule has 1 N–H and O–H groups in total. The van der Waals surface area contributed by atoms with Crippen molar-refractivity contribution in [2.24, 2.45) is 0 Å². The van der Waals surface area contributed by atoms with E-state index in [0.717, 1.165) is 14.7 Å². The minimum atomic E-state index is -3.66. The van der Waals surface area contributed by atoms with Crippen LogP contribution in [0.2, 0.25) is 5.02 Å². The molecule has 1 heterocycles. The Kier molecular flexibility index (Phi) is 6.73. The average Bonchev–Trinajstić information content (AvgIpc) is 3.17. The van der Waals surface area contributed by atoms with Crippen molar-refractivity contribution in [2.45, 2.75) is 31.2 Å². The van der Waals surface area contributed by atoms with Crippen LogP contribution in [0.3, 0.4) is 0 Å². The quantitative estimate of drug-likeness (QED) is 0.577. The van der Waals surface area contributed by atoms with Gasteiger partial charge in [-0.2, -0.15) is 4.80 Å². The number of carbonyl (C=O) groups is 1. The smallest absolute Gasteiger partial charge is 0.248 e. The van der Waals surface area contributed by atoms with E-state index in [1.165, 1.54) is 37.9 Å². The highest BCUT2D eigenvalue weighted by Crippen LogP contribution is 2.26. The zero-order valence-electron chi connectivity index (χ0n) is 17.6. The Balaban J connectivity index is 1.72. The van der Waals surface area contributed by atoms with Crippen molar-refractivity contribution in [3.05, 3.63) is 53.1 Å². The second-order valence-corrected chi connectivity index (χ2v) is 9.96. The van der Waals surface area contributed by atoms with E-state index in [-0.39, 0.29) is 22.2 Å². The number of hydrogen-bond donors (Lipinski definition) is 1. The SMILES string of the molecule is CC(C)c1ccc(-c2nnn(CC(=O)Nc3cc(S(=O)(=O)N(C)C)ccc3Cl)n2)cc1. The van der Waals surface area contributed by atoms with Crippen molar-refractivity contribution < 1.29 is 13.2 Å². The van der Waals surface area contributed by atoms with E-state index in [0.29, 0.717) is 11.7 Å². The lowest BCUT2D eigenvalue weighted by Gasteiger charge is -2.13. The third kappa shape index (κ3) is 5.27. The number of amides is 1. The summed E-state index contributed by atoms with van der Waals surface area (Å²) in [5.74, 6) is 0.347. The molecule has 0 saturated carbocycles. The molecule has 11 heteroatoms. The fourth-order valence-electron chi connectivity index (χ4n) is 2.73. The summed E-state index contributed by atoms with van der Waals surface area (Å²) in [7, 11) is -0.817. The first kappa shape index (κ1) is 22.9. The van der Waals surface area contributed by atoms with Crippen molar-refractivity contribution in [1.82, 2.24) is 24.5 Å². The van der Waals surface area contributed by atoms with Crippen molar-refractivity contribution in [3.8, 4) is 11.4 Å². The van der Waals surface area contributed by atoms with Gasteiger partial charge >= 0.3 is 0 Å². The van der Waals surface area contributed by atoms with Gasteiger partial charge in [-0.3, -0.25) is 4.79 Å². The highest BCUT2D eigenvalue weighted by molar-refractivity contribution is 7.89. The number of sulfonamides is 1. The molecule has 2 aromatic carbocycles. The fraction of sp³-hybridized carbons (Fsp3) is 0.300. The van der Waals surface area contributed by atoms with Gasteiger partial charge in [0.25, 0.3) is 0 Å². The Hall–Kier alpha value is -2.82. The van der Waals surface area contributed by atoms with E-state index in [1.54, 1.807) is 0 Å². The highest BCUT2D eigenvalue weighted by Gasteiger charge is 2.19. The number of carbonyl (C=O) groups excluding carboxylic acids is 1. The molecule has 0 aliphatic carbocycles. The molecule has 164 valence electrons. The first-order valence-corrected chi connectivity index (χ1v) is 11.3. The van der Waals surface area contributed by atoms with Gasteiger partial charge in [0.1, 0.15) is 6.54 Å². The summed E-state index contributed by atoms with van der Waals surface area (Å²) < 4.78 is 25.7. The molecule has 3 aromatic rings. The average molecular weight is 463 g/mol. The van der Waals surface area contributed by atoms with Crippen LogP contribution in [0.15, 0.2) is 47.4 Å². The number of rotatable bonds is 7. The number of aromatic nitrogens is 4. The van der Waals surface area contributed by atoms with Crippen molar-refractivity contribution >= 4 is 33.2 Å². The Morgan fingerprint density at radius 2 is 1.84 bits per heavy atom. The first-order chi connectivity index (χ1) is 14.6. The molecule has 1 aromatic heterocycles. The molecule has 0 aliphatic heterocycles. The number of halogens is 1. The fourth-order valence-corrected chi connectivity index (χ4v) is 3.83. The van der Waals surface area contributed by atoms with E-state index in [2.05, 4.69) is 34.6 Å². The predicted octanol–water partition coefficient (Wildman–Crippen LogP) is 3.01. The van der Waals surface area contributed by atoms with Crippen LogP contribution in [0.1, 0.15) is 25.3 Å². The highest BCUT2D eigenvalue weighted by atomic mass is 35.5. The second-order valence-electron chi connectivity index (χ2n) is 7.40. The van der Waals surface area contributed by atoms with Crippen LogP contribution >= 0.6 is 11.6 Å². The van der Waals surface area contributed by atoms with Crippen LogP contribution in [0.4, 0.5) is 5.69 Å². The Labute approximate surface area is 186 Å². The third-order valence-corrected chi connectivity index (χ3v) is 6.70. The molecule has 0 bridgehead atoms. The van der Waals surface area contributed by atoms with Crippen molar-refractivity contribution in [3.63, 3.8) is 0 Å². The zero-order valence-corrected chi connectivity index (χ0v) is 19.1. The Morgan fingerprint density at radius 3 is 2.45 bits per heavy atom. The molecular weight excluding hydrogens is 440 g/mol. The van der Waals surface area contributed by atoms with Gasteiger partial charge in [0.15, 0.2) is 0 Å². The number of nitrogens with one attached hydrogen (secondary N) is 1. The lowest BCUT2D eigenvalue weighted by Crippen LogP contribution is -2.23. The normalized spacial score (nSPS) is 11.8. The molecule has 1 amide bonds. The Bertz CT molecular complexity index is 1190. The monoisotopic (exact) mass is 462 g/mol. The summed E-state index contributed by atoms with van der Waals surface area (Å²) >= 11 is 6.12. The summed E-state index contributed by atoms with van der Waals surface area (Å²) in [6, 6.07) is 11.9. The number of tetrazole rings is 1. The first-order valence-electron chi connectivity index (χ1n) is 9.48. The summed E-state index contributed by atoms with van der Waals surface area (Å²) in [6.45, 7) is 4.01. The summed E-state index contributed by atoms with van der Waals surface area (Å²) in [4.78, 5) is 13.6. The van der Waals surface area contributed by atoms with E-state index < -0.39 is 15.9 Å². The Morgan fingerprint density at radius 1 is 1.16 bits per heavy atom. The van der Waals surface area contributed by atoms with Crippen LogP contribution in [0, 0.1) is 0 Å². The van der Waals surface area contributed by atoms with E-state index in [9.17, 15) is 13.2 Å². The van der Waals surface area contributed by atoms with Gasteiger partial charge in [0, 0.05) is 19.7 Å². The number of nitrogens with zero attached hydrogens (tertiary/aromatic N) is 5. The van der Waals surface area contributed by atoms with Gasteiger partial charge in [0.05, 0.1) is 15.6 Å². The molecule has 3 rings (SSSR count). The minimum Gasteiger partial charge on any atom is -0.323 e. The maximum absolute atomic E-state index is 12.4. The molecule has 0 radical (unpaired) electrons. The van der Waals surface area contributed by atoms with Crippen LogP contribution in [0.25, 0.3) is 11.4 Å². The lowest BCUT2D eigenvalue weighted by atomic mass is 10.0. The van der Waals surface area contributed by atoms with E-state index >= 15 is 0 Å². The van der Waals surface area contributed by atoms with Gasteiger partial charge in [-0.25, -0.2) is 12.7 Å². The lowest BCUT2D eigenvalue weighted by molar-refractivity contribution is -0.117. The van der Waals surface area contributed by atoms with Gasteiger partial charge in [-0.1, -0.05) is 49.7 Å². The van der Waals surface area contributed by atoms with E-state index in [1.807, 2.05) is 24.3 Å². The second kappa shape index (κ2) is 9.13. The molecule has 0 atom stereocenters. The van der Waals surface area contributed by atoms with Crippen molar-refractivity contribution in [1.29, 1.82) is 0 Å². The maximum atomic E-state index is 12.4. The summed E-state index contributed by atoms with van der Waals surface area (Å²) in [5.41, 5.74) is 2.17. The number of anilines is 1. The summed E-state index contributed by atoms with van der Waals surface area (Å²) in [5, 5.41) is 15.0. The summed E-state index contributed by atoms with van der Waals surface area (Å²) in [6.07, 6.45) is 0. The van der Waals surface area contributed by atoms with Crippen LogP contribution in [-0.4, -0.2) is 52.9 Å². The van der Waals surface area contributed by atoms with Crippen LogP contribution < -0.4 is 5.32 Å². The van der Waals surface area contributed by atoms with Gasteiger partial charge in [-0.05, 0) is 34.9 Å². The van der Waals surface area contributed by atoms with Gasteiger partial charge < -0.3 is 5.32 Å². The molecule has 9 nitrogen and oxygen atoms in total. The predicted molar refractivity (Wildman–Crippen MR) is 118 cm³/mol. The van der Waals surface area contributed by atoms with Crippen LogP contribution in [-0.2, 0) is 21.4 Å². The zero-order chi connectivity index (χ0) is 22.8. The molecular formula is C20H23ClN6O3S. The van der Waals surface area contributed by atoms with Crippen LogP contribution in [0.5, 0.6) is 0 Å². The van der Waals surface area contributed by atoms with E-state index in [4.69, 9.17) is 11.6 Å². The largest absolute Gasteiger partial charge is 0.323 e. The topological polar surface area (TPSA) is 110 Å². The molecule has 0 aliphatic rings. The minimum absolute atomic E-state index is 0.0169. The van der Waals surface area contributed by atoms with Gasteiger partial charge in [0.2, 0.25) is 21.8 Å². The van der Waals surface area contributed by atoms with Gasteiger partial charge in [-0.15, -0.1) is 10.2 Å². The number of benzene rings is 2. The standard InChI is InChI=1S/C20H23ClN6O3S/c1-13(2)14-5-7-15(8-6-14)20-23-25-27(24-20)12-19(28)22-18-11-16(9-10-17(18)21)31(29,30)26(3)4/h5-11,13H,12H2,1-4H3,(H,22,28). The molecule has 31 heavy (non-hydrogen) atoms. The number of hydrogen-bond acceptors (Lipinski definition) is 6. The van der Waals surface area contributed by atoms with Crippen molar-refractivity contribution in [2.75, 3.05) is 19.4 Å². The molecule has 0 fully saturated rings.